The van der Waals surface area contributed by atoms with Crippen molar-refractivity contribution in [2.45, 2.75) is 31.0 Å². The SMILES string of the molecule is CC(O)c1cccc(C(F)(F)C(F)(F)C(F)(F)F)c1. The number of hydrogen-bond donors (Lipinski definition) is 1. The number of rotatable bonds is 3. The molecule has 1 aromatic carbocycles. The third-order valence-electron chi connectivity index (χ3n) is 2.48. The summed E-state index contributed by atoms with van der Waals surface area (Å²) in [5.41, 5.74) is -1.69. The first-order chi connectivity index (χ1) is 8.41. The van der Waals surface area contributed by atoms with Crippen LogP contribution in [-0.2, 0) is 5.92 Å². The summed E-state index contributed by atoms with van der Waals surface area (Å²) in [6.45, 7) is 1.17. The summed E-state index contributed by atoms with van der Waals surface area (Å²) in [5, 5.41) is 9.12. The Kier molecular flexibility index (Phi) is 3.86. The van der Waals surface area contributed by atoms with Crippen molar-refractivity contribution in [3.05, 3.63) is 35.4 Å². The second-order valence-corrected chi connectivity index (χ2v) is 3.95. The van der Waals surface area contributed by atoms with Crippen LogP contribution in [0.5, 0.6) is 0 Å². The Hall–Kier alpha value is -1.31. The lowest BCUT2D eigenvalue weighted by molar-refractivity contribution is -0.359. The fraction of sp³-hybridized carbons (Fsp3) is 0.455. The Bertz CT molecular complexity index is 451. The van der Waals surface area contributed by atoms with Gasteiger partial charge in [0.15, 0.2) is 0 Å². The molecular formula is C11H9F7O. The monoisotopic (exact) mass is 290 g/mol. The average molecular weight is 290 g/mol. The smallest absolute Gasteiger partial charge is 0.389 e. The van der Waals surface area contributed by atoms with Gasteiger partial charge in [0.25, 0.3) is 0 Å². The van der Waals surface area contributed by atoms with Gasteiger partial charge in [0.1, 0.15) is 0 Å². The van der Waals surface area contributed by atoms with Gasteiger partial charge in [-0.25, -0.2) is 0 Å². The van der Waals surface area contributed by atoms with Gasteiger partial charge in [-0.05, 0) is 18.6 Å². The second-order valence-electron chi connectivity index (χ2n) is 3.95. The van der Waals surface area contributed by atoms with Crippen molar-refractivity contribution in [3.63, 3.8) is 0 Å². The van der Waals surface area contributed by atoms with Crippen LogP contribution in [0, 0.1) is 0 Å². The first-order valence-corrected chi connectivity index (χ1v) is 5.02. The van der Waals surface area contributed by atoms with Crippen LogP contribution >= 0.6 is 0 Å². The van der Waals surface area contributed by atoms with Crippen molar-refractivity contribution in [1.29, 1.82) is 0 Å². The van der Waals surface area contributed by atoms with Crippen LogP contribution in [0.25, 0.3) is 0 Å². The maximum Gasteiger partial charge on any atom is 0.460 e. The highest BCUT2D eigenvalue weighted by Crippen LogP contribution is 2.51. The summed E-state index contributed by atoms with van der Waals surface area (Å²) in [7, 11) is 0. The second kappa shape index (κ2) is 4.66. The molecule has 1 aromatic rings. The van der Waals surface area contributed by atoms with Gasteiger partial charge in [-0.2, -0.15) is 30.7 Å². The first-order valence-electron chi connectivity index (χ1n) is 5.02. The molecular weight excluding hydrogens is 281 g/mol. The molecule has 0 saturated carbocycles. The number of hydrogen-bond acceptors (Lipinski definition) is 1. The summed E-state index contributed by atoms with van der Waals surface area (Å²) in [5.74, 6) is -11.6. The molecule has 0 amide bonds. The van der Waals surface area contributed by atoms with Crippen LogP contribution in [0.15, 0.2) is 24.3 Å². The number of alkyl halides is 7. The Balaban J connectivity index is 3.31. The van der Waals surface area contributed by atoms with Crippen molar-refractivity contribution in [2.75, 3.05) is 0 Å². The van der Waals surface area contributed by atoms with Gasteiger partial charge in [0.2, 0.25) is 0 Å². The van der Waals surface area contributed by atoms with E-state index in [2.05, 4.69) is 0 Å². The molecule has 19 heavy (non-hydrogen) atoms. The normalized spacial score (nSPS) is 15.4. The van der Waals surface area contributed by atoms with E-state index in [0.29, 0.717) is 12.1 Å². The third kappa shape index (κ3) is 2.68. The summed E-state index contributed by atoms with van der Waals surface area (Å²) in [6, 6.07) is 2.88. The van der Waals surface area contributed by atoms with E-state index in [1.807, 2.05) is 0 Å². The minimum absolute atomic E-state index is 0.185. The van der Waals surface area contributed by atoms with Gasteiger partial charge in [-0.15, -0.1) is 0 Å². The molecule has 0 heterocycles. The molecule has 0 saturated heterocycles. The van der Waals surface area contributed by atoms with Crippen LogP contribution < -0.4 is 0 Å². The Morgan fingerprint density at radius 3 is 1.95 bits per heavy atom. The number of aliphatic hydroxyl groups is 1. The topological polar surface area (TPSA) is 20.2 Å². The van der Waals surface area contributed by atoms with Gasteiger partial charge < -0.3 is 5.11 Å². The molecule has 1 atom stereocenters. The standard InChI is InChI=1S/C11H9F7O/c1-6(19)7-3-2-4-8(5-7)9(12,13)10(14,15)11(16,17)18/h2-6,19H,1H3. The molecule has 1 rings (SSSR count). The lowest BCUT2D eigenvalue weighted by Gasteiger charge is -2.28. The number of benzene rings is 1. The lowest BCUT2D eigenvalue weighted by Crippen LogP contribution is -2.50. The maximum absolute atomic E-state index is 13.3. The summed E-state index contributed by atoms with van der Waals surface area (Å²) in [6.07, 6.45) is -7.65. The number of aliphatic hydroxyl groups excluding tert-OH is 1. The summed E-state index contributed by atoms with van der Waals surface area (Å²) < 4.78 is 88.2. The van der Waals surface area contributed by atoms with Gasteiger partial charge in [-0.1, -0.05) is 18.2 Å². The largest absolute Gasteiger partial charge is 0.460 e. The van der Waals surface area contributed by atoms with E-state index in [1.54, 1.807) is 0 Å². The molecule has 0 fully saturated rings. The van der Waals surface area contributed by atoms with Crippen molar-refractivity contribution in [2.24, 2.45) is 0 Å². The predicted molar refractivity (Wildman–Crippen MR) is 52.0 cm³/mol. The fourth-order valence-electron chi connectivity index (χ4n) is 1.35. The molecule has 0 radical (unpaired) electrons. The van der Waals surface area contributed by atoms with Crippen molar-refractivity contribution in [1.82, 2.24) is 0 Å². The zero-order chi connectivity index (χ0) is 15.1. The third-order valence-corrected chi connectivity index (χ3v) is 2.48. The van der Waals surface area contributed by atoms with Gasteiger partial charge in [-0.3, -0.25) is 0 Å². The minimum atomic E-state index is -6.38. The molecule has 1 nitrogen and oxygen atoms in total. The van der Waals surface area contributed by atoms with Gasteiger partial charge in [0, 0.05) is 5.56 Å². The predicted octanol–water partition coefficient (Wildman–Crippen LogP) is 4.03. The van der Waals surface area contributed by atoms with E-state index < -0.39 is 29.7 Å². The number of halogens is 7. The minimum Gasteiger partial charge on any atom is -0.389 e. The average Bonchev–Trinajstić information content (AvgIpc) is 2.27. The highest BCUT2D eigenvalue weighted by atomic mass is 19.4. The highest BCUT2D eigenvalue weighted by Gasteiger charge is 2.73. The molecule has 0 aliphatic carbocycles. The molecule has 108 valence electrons. The van der Waals surface area contributed by atoms with E-state index in [0.717, 1.165) is 12.1 Å². The van der Waals surface area contributed by atoms with Crippen LogP contribution in [-0.4, -0.2) is 17.2 Å². The molecule has 0 aliphatic rings. The molecule has 0 aromatic heterocycles. The molecule has 8 heteroatoms. The van der Waals surface area contributed by atoms with Crippen molar-refractivity contribution >= 4 is 0 Å². The zero-order valence-electron chi connectivity index (χ0n) is 9.48. The quantitative estimate of drug-likeness (QED) is 0.833. The summed E-state index contributed by atoms with van der Waals surface area (Å²) in [4.78, 5) is 0. The fourth-order valence-corrected chi connectivity index (χ4v) is 1.35. The van der Waals surface area contributed by atoms with Crippen LogP contribution in [0.4, 0.5) is 30.7 Å². The first kappa shape index (κ1) is 15.7. The van der Waals surface area contributed by atoms with Crippen molar-refractivity contribution < 1.29 is 35.8 Å². The highest BCUT2D eigenvalue weighted by molar-refractivity contribution is 5.30. The van der Waals surface area contributed by atoms with E-state index in [4.69, 9.17) is 5.11 Å². The van der Waals surface area contributed by atoms with Crippen LogP contribution in [0.1, 0.15) is 24.2 Å². The summed E-state index contributed by atoms with van der Waals surface area (Å²) >= 11 is 0. The Morgan fingerprint density at radius 1 is 1.00 bits per heavy atom. The lowest BCUT2D eigenvalue weighted by atomic mass is 9.98. The van der Waals surface area contributed by atoms with Crippen LogP contribution in [0.2, 0.25) is 0 Å². The van der Waals surface area contributed by atoms with Gasteiger partial charge >= 0.3 is 18.0 Å². The van der Waals surface area contributed by atoms with E-state index in [-0.39, 0.29) is 5.56 Å². The zero-order valence-corrected chi connectivity index (χ0v) is 9.48. The molecule has 1 N–H and O–H groups in total. The van der Waals surface area contributed by atoms with E-state index in [1.165, 1.54) is 6.92 Å². The molecule has 0 spiro atoms. The van der Waals surface area contributed by atoms with Crippen LogP contribution in [0.3, 0.4) is 0 Å². The van der Waals surface area contributed by atoms with E-state index >= 15 is 0 Å². The maximum atomic E-state index is 13.3. The van der Waals surface area contributed by atoms with E-state index in [9.17, 15) is 30.7 Å². The van der Waals surface area contributed by atoms with Crippen molar-refractivity contribution in [3.8, 4) is 0 Å². The Morgan fingerprint density at radius 2 is 1.53 bits per heavy atom. The molecule has 0 aliphatic heterocycles. The molecule has 1 unspecified atom stereocenters. The Labute approximate surface area is 103 Å². The van der Waals surface area contributed by atoms with Gasteiger partial charge in [0.05, 0.1) is 6.10 Å². The molecule has 0 bridgehead atoms.